The van der Waals surface area contributed by atoms with Crippen LogP contribution in [-0.2, 0) is 27.1 Å². The first-order valence-electron chi connectivity index (χ1n) is 11.0. The van der Waals surface area contributed by atoms with Gasteiger partial charge in [-0.25, -0.2) is 0 Å². The average molecular weight is 410 g/mol. The van der Waals surface area contributed by atoms with Gasteiger partial charge in [0.15, 0.2) is 0 Å². The molecular weight excluding hydrogens is 374 g/mol. The van der Waals surface area contributed by atoms with Gasteiger partial charge in [0.1, 0.15) is 0 Å². The van der Waals surface area contributed by atoms with Gasteiger partial charge in [0.25, 0.3) is 0 Å². The standard InChI is InChI=1S/C26H35NO3/c1-27(16-17-29-20-21-30-19-18-28-2)15-7-12-26-24-10-5-3-8-22(24)13-14-23-9-4-6-11-25(23)26/h3-6,8-12H,7,13-21H2,1-2H3. The van der Waals surface area contributed by atoms with E-state index in [9.17, 15) is 0 Å². The van der Waals surface area contributed by atoms with Gasteiger partial charge in [-0.15, -0.1) is 0 Å². The molecule has 0 bridgehead atoms. The smallest absolute Gasteiger partial charge is 0.0701 e. The van der Waals surface area contributed by atoms with Crippen molar-refractivity contribution in [2.45, 2.75) is 19.3 Å². The van der Waals surface area contributed by atoms with Gasteiger partial charge >= 0.3 is 0 Å². The van der Waals surface area contributed by atoms with Gasteiger partial charge in [-0.2, -0.15) is 0 Å². The third-order valence-electron chi connectivity index (χ3n) is 5.56. The second-order valence-corrected chi connectivity index (χ2v) is 7.74. The van der Waals surface area contributed by atoms with Gasteiger partial charge in [0, 0.05) is 20.2 Å². The molecule has 4 heteroatoms. The normalized spacial score (nSPS) is 13.1. The molecule has 2 aromatic rings. The lowest BCUT2D eigenvalue weighted by Crippen LogP contribution is -2.24. The number of fused-ring (bicyclic) bond motifs is 2. The molecule has 0 aliphatic heterocycles. The Morgan fingerprint density at radius 2 is 1.33 bits per heavy atom. The Morgan fingerprint density at radius 3 is 1.97 bits per heavy atom. The Bertz CT molecular complexity index is 753. The molecule has 162 valence electrons. The van der Waals surface area contributed by atoms with E-state index in [2.05, 4.69) is 66.6 Å². The Labute approximate surface area is 181 Å². The summed E-state index contributed by atoms with van der Waals surface area (Å²) in [4.78, 5) is 2.33. The molecule has 30 heavy (non-hydrogen) atoms. The van der Waals surface area contributed by atoms with Crippen LogP contribution in [-0.4, -0.2) is 65.2 Å². The fourth-order valence-corrected chi connectivity index (χ4v) is 3.86. The molecular formula is C26H35NO3. The van der Waals surface area contributed by atoms with E-state index in [0.29, 0.717) is 26.4 Å². The van der Waals surface area contributed by atoms with Crippen LogP contribution in [0.15, 0.2) is 54.6 Å². The van der Waals surface area contributed by atoms with Gasteiger partial charge in [0.05, 0.1) is 33.0 Å². The van der Waals surface area contributed by atoms with E-state index in [-0.39, 0.29) is 0 Å². The summed E-state index contributed by atoms with van der Waals surface area (Å²) >= 11 is 0. The third-order valence-corrected chi connectivity index (χ3v) is 5.56. The summed E-state index contributed by atoms with van der Waals surface area (Å²) in [6.07, 6.45) is 5.66. The zero-order valence-corrected chi connectivity index (χ0v) is 18.4. The molecule has 0 atom stereocenters. The van der Waals surface area contributed by atoms with Crippen molar-refractivity contribution in [3.63, 3.8) is 0 Å². The number of rotatable bonds is 12. The minimum Gasteiger partial charge on any atom is -0.382 e. The highest BCUT2D eigenvalue weighted by Crippen LogP contribution is 2.33. The van der Waals surface area contributed by atoms with Crippen molar-refractivity contribution < 1.29 is 14.2 Å². The lowest BCUT2D eigenvalue weighted by Gasteiger charge is -2.17. The van der Waals surface area contributed by atoms with Crippen LogP contribution < -0.4 is 0 Å². The number of aryl methyl sites for hydroxylation is 2. The van der Waals surface area contributed by atoms with Crippen molar-refractivity contribution in [2.24, 2.45) is 0 Å². The maximum atomic E-state index is 5.67. The van der Waals surface area contributed by atoms with Gasteiger partial charge in [-0.1, -0.05) is 54.6 Å². The highest BCUT2D eigenvalue weighted by Gasteiger charge is 2.17. The van der Waals surface area contributed by atoms with Crippen molar-refractivity contribution in [3.05, 3.63) is 76.9 Å². The summed E-state index contributed by atoms with van der Waals surface area (Å²) in [7, 11) is 3.84. The lowest BCUT2D eigenvalue weighted by atomic mass is 9.93. The highest BCUT2D eigenvalue weighted by molar-refractivity contribution is 5.83. The van der Waals surface area contributed by atoms with Crippen molar-refractivity contribution in [1.29, 1.82) is 0 Å². The fourth-order valence-electron chi connectivity index (χ4n) is 3.86. The SMILES string of the molecule is COCCOCCOCCN(C)CCC=C1c2ccccc2CCc2ccccc21. The van der Waals surface area contributed by atoms with Gasteiger partial charge in [-0.05, 0) is 54.1 Å². The molecule has 0 saturated carbocycles. The minimum absolute atomic E-state index is 0.623. The number of hydrogen-bond donors (Lipinski definition) is 0. The highest BCUT2D eigenvalue weighted by atomic mass is 16.5. The number of benzene rings is 2. The van der Waals surface area contributed by atoms with Crippen molar-refractivity contribution in [2.75, 3.05) is 60.3 Å². The molecule has 0 amide bonds. The quantitative estimate of drug-likeness (QED) is 0.491. The van der Waals surface area contributed by atoms with Crippen LogP contribution >= 0.6 is 0 Å². The summed E-state index contributed by atoms with van der Waals surface area (Å²) in [6.45, 7) is 5.18. The summed E-state index contributed by atoms with van der Waals surface area (Å²) in [5.41, 5.74) is 7.07. The molecule has 0 radical (unpaired) electrons. The first-order chi connectivity index (χ1) is 14.8. The largest absolute Gasteiger partial charge is 0.382 e. The number of hydrogen-bond acceptors (Lipinski definition) is 4. The molecule has 0 heterocycles. The average Bonchev–Trinajstić information content (AvgIpc) is 2.93. The molecule has 1 aliphatic rings. The Hall–Kier alpha value is -1.98. The molecule has 0 spiro atoms. The molecule has 1 aliphatic carbocycles. The van der Waals surface area contributed by atoms with Crippen LogP contribution in [0, 0.1) is 0 Å². The van der Waals surface area contributed by atoms with Crippen molar-refractivity contribution >= 4 is 5.57 Å². The van der Waals surface area contributed by atoms with E-state index in [1.54, 1.807) is 7.11 Å². The van der Waals surface area contributed by atoms with Gasteiger partial charge < -0.3 is 19.1 Å². The van der Waals surface area contributed by atoms with Crippen LogP contribution in [0.5, 0.6) is 0 Å². The van der Waals surface area contributed by atoms with Crippen LogP contribution in [0.2, 0.25) is 0 Å². The van der Waals surface area contributed by atoms with E-state index >= 15 is 0 Å². The van der Waals surface area contributed by atoms with Crippen molar-refractivity contribution in [1.82, 2.24) is 4.90 Å². The molecule has 2 aromatic carbocycles. The summed E-state index contributed by atoms with van der Waals surface area (Å²) in [6, 6.07) is 17.7. The van der Waals surface area contributed by atoms with Gasteiger partial charge in [0.2, 0.25) is 0 Å². The van der Waals surface area contributed by atoms with Crippen molar-refractivity contribution in [3.8, 4) is 0 Å². The molecule has 0 aromatic heterocycles. The first-order valence-corrected chi connectivity index (χ1v) is 11.0. The van der Waals surface area contributed by atoms with E-state index in [1.165, 1.54) is 27.8 Å². The number of nitrogens with zero attached hydrogens (tertiary/aromatic N) is 1. The number of methoxy groups -OCH3 is 1. The maximum absolute atomic E-state index is 5.67. The Balaban J connectivity index is 1.50. The molecule has 4 nitrogen and oxygen atoms in total. The summed E-state index contributed by atoms with van der Waals surface area (Å²) in [5, 5.41) is 0. The molecule has 0 saturated heterocycles. The molecule has 3 rings (SSSR count). The predicted octanol–water partition coefficient (Wildman–Crippen LogP) is 4.22. The minimum atomic E-state index is 0.623. The Kier molecular flexibility index (Phi) is 9.58. The van der Waals surface area contributed by atoms with Crippen LogP contribution in [0.1, 0.15) is 28.7 Å². The van der Waals surface area contributed by atoms with E-state index in [4.69, 9.17) is 14.2 Å². The second kappa shape index (κ2) is 12.7. The molecule has 0 fully saturated rings. The fraction of sp³-hybridized carbons (Fsp3) is 0.462. The van der Waals surface area contributed by atoms with Crippen LogP contribution in [0.25, 0.3) is 5.57 Å². The third kappa shape index (κ3) is 6.78. The Morgan fingerprint density at radius 1 is 0.767 bits per heavy atom. The van der Waals surface area contributed by atoms with E-state index in [1.807, 2.05) is 0 Å². The van der Waals surface area contributed by atoms with E-state index < -0.39 is 0 Å². The topological polar surface area (TPSA) is 30.9 Å². The van der Waals surface area contributed by atoms with Crippen LogP contribution in [0.4, 0.5) is 0 Å². The molecule has 0 N–H and O–H groups in total. The predicted molar refractivity (Wildman–Crippen MR) is 123 cm³/mol. The zero-order chi connectivity index (χ0) is 21.0. The number of ether oxygens (including phenoxy) is 3. The number of likely N-dealkylation sites (N-methyl/N-ethyl adjacent to an activating group) is 1. The van der Waals surface area contributed by atoms with E-state index in [0.717, 1.165) is 39.0 Å². The monoisotopic (exact) mass is 409 g/mol. The summed E-state index contributed by atoms with van der Waals surface area (Å²) < 4.78 is 16.0. The summed E-state index contributed by atoms with van der Waals surface area (Å²) in [5.74, 6) is 0. The van der Waals surface area contributed by atoms with Gasteiger partial charge in [-0.3, -0.25) is 0 Å². The lowest BCUT2D eigenvalue weighted by molar-refractivity contribution is 0.0209. The molecule has 0 unspecified atom stereocenters. The maximum Gasteiger partial charge on any atom is 0.0701 e. The van der Waals surface area contributed by atoms with Crippen LogP contribution in [0.3, 0.4) is 0 Å². The second-order valence-electron chi connectivity index (χ2n) is 7.74. The first kappa shape index (κ1) is 22.7. The zero-order valence-electron chi connectivity index (χ0n) is 18.4.